The zero-order valence-corrected chi connectivity index (χ0v) is 44.7. The lowest BCUT2D eigenvalue weighted by Crippen LogP contribution is -2.63. The highest BCUT2D eigenvalue weighted by atomic mass is 35.5. The van der Waals surface area contributed by atoms with Crippen molar-refractivity contribution in [2.24, 2.45) is 11.0 Å². The first-order valence-corrected chi connectivity index (χ1v) is 26.6. The molecule has 5 N–H and O–H groups in total. The molecule has 2 saturated heterocycles. The van der Waals surface area contributed by atoms with E-state index in [2.05, 4.69) is 15.8 Å². The monoisotopic (exact) mass is 1040 g/mol. The van der Waals surface area contributed by atoms with Crippen molar-refractivity contribution in [3.63, 3.8) is 0 Å². The number of nitrogens with one attached hydrogen (secondary N) is 2. The van der Waals surface area contributed by atoms with E-state index in [0.717, 1.165) is 53.7 Å². The van der Waals surface area contributed by atoms with E-state index in [1.54, 1.807) is 52.1 Å². The van der Waals surface area contributed by atoms with Gasteiger partial charge in [0.25, 0.3) is 0 Å². The topological polar surface area (TPSA) is 224 Å². The third kappa shape index (κ3) is 13.6. The minimum absolute atomic E-state index is 0.0757. The van der Waals surface area contributed by atoms with Crippen molar-refractivity contribution >= 4 is 80.1 Å². The molecule has 0 unspecified atom stereocenters. The van der Waals surface area contributed by atoms with Crippen molar-refractivity contribution in [1.82, 2.24) is 15.6 Å². The summed E-state index contributed by atoms with van der Waals surface area (Å²) in [7, 11) is 8.94. The summed E-state index contributed by atoms with van der Waals surface area (Å²) in [5.41, 5.74) is 11.4. The maximum Gasteiger partial charge on any atom is 0.409 e. The fourth-order valence-corrected chi connectivity index (χ4v) is 12.1. The SMILES string of the molecule is COc1cc2cc(c1Cl)N(C)C(=O)C[C@H](OC(=O)[C@H](C)N(C)C(=O)CCSSC(C)(C)CC(=O)N/N=C1/CCCCc3cc(N)ccc31)[C@]1(C)O[C@H]1[C@H](C)[C@@H]1C[C@@](O)(NC(=O)O1)[C@H](OC)/C=C/C=C(\C)C2. The number of rotatable bonds is 13. The zero-order chi connectivity index (χ0) is 52.0. The lowest BCUT2D eigenvalue weighted by Gasteiger charge is -2.42. The lowest BCUT2D eigenvalue weighted by atomic mass is 9.83. The van der Waals surface area contributed by atoms with Gasteiger partial charge in [-0.1, -0.05) is 70.0 Å². The van der Waals surface area contributed by atoms with Gasteiger partial charge in [-0.2, -0.15) is 5.10 Å². The van der Waals surface area contributed by atoms with Gasteiger partial charge >= 0.3 is 12.1 Å². The number of fused-ring (bicyclic) bond motifs is 6. The fraction of sp³-hybridized carbons (Fsp3) is 0.569. The molecule has 6 rings (SSSR count). The number of nitrogens with two attached hydrogens (primary N) is 1. The molecular weight excluding hydrogens is 972 g/mol. The van der Waals surface area contributed by atoms with Gasteiger partial charge in [-0.3, -0.25) is 19.7 Å². The number of likely N-dealkylation sites (N-methyl/N-ethyl adjacent to an activating group) is 1. The predicted molar refractivity (Wildman–Crippen MR) is 277 cm³/mol. The summed E-state index contributed by atoms with van der Waals surface area (Å²) in [6, 6.07) is 8.30. The van der Waals surface area contributed by atoms with E-state index in [-0.39, 0.29) is 42.5 Å². The van der Waals surface area contributed by atoms with Crippen molar-refractivity contribution in [2.75, 3.05) is 44.7 Å². The number of alkyl carbamates (subject to hydrolysis) is 1. The first kappa shape index (κ1) is 55.5. The zero-order valence-electron chi connectivity index (χ0n) is 42.3. The van der Waals surface area contributed by atoms with Gasteiger partial charge in [-0.25, -0.2) is 15.0 Å². The minimum Gasteiger partial charge on any atom is -0.495 e. The van der Waals surface area contributed by atoms with Crippen molar-refractivity contribution in [3.05, 3.63) is 75.8 Å². The first-order chi connectivity index (χ1) is 33.5. The van der Waals surface area contributed by atoms with Crippen LogP contribution in [0, 0.1) is 5.92 Å². The predicted octanol–water partition coefficient (Wildman–Crippen LogP) is 7.28. The lowest BCUT2D eigenvalue weighted by molar-refractivity contribution is -0.162. The second-order valence-corrected chi connectivity index (χ2v) is 23.2. The molecule has 0 aromatic heterocycles. The summed E-state index contributed by atoms with van der Waals surface area (Å²) in [4.78, 5) is 70.8. The van der Waals surface area contributed by atoms with Gasteiger partial charge in [0.2, 0.25) is 17.7 Å². The van der Waals surface area contributed by atoms with Crippen LogP contribution in [0.15, 0.2) is 59.2 Å². The molecule has 0 saturated carbocycles. The number of epoxide rings is 1. The van der Waals surface area contributed by atoms with Gasteiger partial charge < -0.3 is 44.3 Å². The highest BCUT2D eigenvalue weighted by Crippen LogP contribution is 2.49. The number of anilines is 2. The van der Waals surface area contributed by atoms with Crippen molar-refractivity contribution in [1.29, 1.82) is 0 Å². The Labute approximate surface area is 429 Å². The standard InChI is InChI=1S/C51H69ClN6O11S2/c1-29-14-13-17-40(66-10)51(64)27-39(67-48(63)54-51)30(2)46-50(6,69-46)41(26-44(61)58(8)37-23-32(22-29)24-38(65-9)45(37)52)68-47(62)31(3)57(7)43(60)20-21-70-71-49(4,5)28-42(59)56-55-36-16-12-11-15-33-25-34(53)18-19-35(33)36/h13-14,17-19,23-25,30-31,39-41,46,64H,11-12,15-16,20-22,26-28,53H2,1-10H3,(H,54,63)(H,56,59)/b17-13+,29-14+,55-36-/t30-,31+,39+,40-,41+,46+,50+,51+/m1/s1. The molecule has 4 aliphatic rings. The average molecular weight is 1040 g/mol. The van der Waals surface area contributed by atoms with E-state index in [4.69, 9.17) is 41.0 Å². The van der Waals surface area contributed by atoms with Gasteiger partial charge in [-0.05, 0) is 102 Å². The Hall–Kier alpha value is -4.79. The van der Waals surface area contributed by atoms with Crippen LogP contribution in [0.3, 0.4) is 0 Å². The van der Waals surface area contributed by atoms with Crippen molar-refractivity contribution in [3.8, 4) is 5.75 Å². The largest absolute Gasteiger partial charge is 0.495 e. The number of methoxy groups -OCH3 is 2. The molecular formula is C51H69ClN6O11S2. The third-order valence-corrected chi connectivity index (χ3v) is 17.3. The molecule has 3 heterocycles. The Kier molecular flexibility index (Phi) is 18.3. The molecule has 4 amide bonds. The van der Waals surface area contributed by atoms with E-state index < -0.39 is 70.4 Å². The van der Waals surface area contributed by atoms with Crippen LogP contribution in [0.25, 0.3) is 0 Å². The molecule has 71 heavy (non-hydrogen) atoms. The maximum absolute atomic E-state index is 14.4. The normalized spacial score (nSPS) is 28.1. The van der Waals surface area contributed by atoms with E-state index in [0.29, 0.717) is 29.3 Å². The van der Waals surface area contributed by atoms with E-state index >= 15 is 0 Å². The summed E-state index contributed by atoms with van der Waals surface area (Å²) >= 11 is 6.83. The van der Waals surface area contributed by atoms with Crippen LogP contribution in [0.2, 0.25) is 5.02 Å². The van der Waals surface area contributed by atoms with Gasteiger partial charge in [0, 0.05) is 68.1 Å². The number of aryl methyl sites for hydroxylation is 1. The quantitative estimate of drug-likeness (QED) is 0.0294. The van der Waals surface area contributed by atoms with E-state index in [9.17, 15) is 29.1 Å². The van der Waals surface area contributed by atoms with E-state index in [1.807, 2.05) is 45.0 Å². The highest BCUT2D eigenvalue weighted by Gasteiger charge is 2.64. The summed E-state index contributed by atoms with van der Waals surface area (Å²) in [6.45, 7) is 10.9. The number of aliphatic hydroxyl groups is 1. The summed E-state index contributed by atoms with van der Waals surface area (Å²) < 4.78 is 29.0. The molecule has 20 heteroatoms. The van der Waals surface area contributed by atoms with Crippen LogP contribution < -0.4 is 26.1 Å². The molecule has 0 radical (unpaired) electrons. The summed E-state index contributed by atoms with van der Waals surface area (Å²) in [5, 5.41) is 19.1. The second kappa shape index (κ2) is 23.4. The number of carbonyl (C=O) groups excluding carboxylic acids is 5. The second-order valence-electron chi connectivity index (χ2n) is 19.7. The fourth-order valence-electron chi connectivity index (χ4n) is 9.27. The highest BCUT2D eigenvalue weighted by molar-refractivity contribution is 8.77. The van der Waals surface area contributed by atoms with Gasteiger partial charge in [0.05, 0.1) is 31.0 Å². The van der Waals surface area contributed by atoms with Crippen molar-refractivity contribution < 1.29 is 52.8 Å². The van der Waals surface area contributed by atoms with Gasteiger partial charge in [0.1, 0.15) is 40.7 Å². The summed E-state index contributed by atoms with van der Waals surface area (Å²) in [6.07, 6.45) is 4.61. The number of allylic oxidation sites excluding steroid dienone is 3. The number of amides is 4. The molecule has 8 atom stereocenters. The Morgan fingerprint density at radius 3 is 2.62 bits per heavy atom. The number of esters is 1. The number of carbonyl (C=O) groups is 5. The summed E-state index contributed by atoms with van der Waals surface area (Å²) in [5.74, 6) is -1.56. The molecule has 3 aliphatic heterocycles. The maximum atomic E-state index is 14.4. The van der Waals surface area contributed by atoms with Gasteiger partial charge in [0.15, 0.2) is 5.72 Å². The number of hydrogen-bond donors (Lipinski definition) is 4. The van der Waals surface area contributed by atoms with Crippen LogP contribution in [0.4, 0.5) is 16.2 Å². The Morgan fingerprint density at radius 1 is 1.17 bits per heavy atom. The van der Waals surface area contributed by atoms with Crippen molar-refractivity contribution in [2.45, 2.75) is 146 Å². The number of hydrazone groups is 1. The van der Waals surface area contributed by atoms with Crippen LogP contribution in [-0.4, -0.2) is 126 Å². The van der Waals surface area contributed by atoms with Crippen LogP contribution in [0.1, 0.15) is 103 Å². The minimum atomic E-state index is -1.86. The molecule has 0 spiro atoms. The van der Waals surface area contributed by atoms with Gasteiger partial charge in [-0.15, -0.1) is 0 Å². The number of benzene rings is 2. The molecule has 1 aliphatic carbocycles. The number of nitrogens with zero attached hydrogens (tertiary/aromatic N) is 3. The Bertz CT molecular complexity index is 2440. The average Bonchev–Trinajstić information content (AvgIpc) is 4.06. The molecule has 388 valence electrons. The number of halogens is 1. The smallest absolute Gasteiger partial charge is 0.409 e. The number of ether oxygens (including phenoxy) is 5. The number of nitrogen functional groups attached to an aromatic ring is 1. The molecule has 17 nitrogen and oxygen atoms in total. The first-order valence-electron chi connectivity index (χ1n) is 23.9. The Balaban J connectivity index is 1.12. The molecule has 2 aromatic carbocycles. The van der Waals surface area contributed by atoms with Crippen LogP contribution in [0.5, 0.6) is 5.75 Å². The van der Waals surface area contributed by atoms with Crippen LogP contribution >= 0.6 is 33.2 Å². The van der Waals surface area contributed by atoms with Crippen LogP contribution in [-0.2, 0) is 51.0 Å². The Morgan fingerprint density at radius 2 is 1.90 bits per heavy atom. The molecule has 2 aromatic rings. The molecule has 4 bridgehead atoms. The van der Waals surface area contributed by atoms with E-state index in [1.165, 1.54) is 52.7 Å². The third-order valence-electron chi connectivity index (χ3n) is 13.7. The molecule has 2 fully saturated rings. The number of hydrogen-bond acceptors (Lipinski definition) is 15.